The van der Waals surface area contributed by atoms with Crippen molar-refractivity contribution in [2.75, 3.05) is 6.54 Å². The number of carbonyl (C=O) groups excluding carboxylic acids is 1. The van der Waals surface area contributed by atoms with Gasteiger partial charge >= 0.3 is 0 Å². The molecule has 0 spiro atoms. The first-order valence-electron chi connectivity index (χ1n) is 5.18. The van der Waals surface area contributed by atoms with E-state index < -0.39 is 6.04 Å². The molecule has 0 saturated heterocycles. The molecule has 0 aliphatic rings. The summed E-state index contributed by atoms with van der Waals surface area (Å²) in [5.41, 5.74) is 5.64. The van der Waals surface area contributed by atoms with Gasteiger partial charge in [0.2, 0.25) is 5.91 Å². The zero-order valence-corrected chi connectivity index (χ0v) is 10.2. The molecule has 16 heavy (non-hydrogen) atoms. The highest BCUT2D eigenvalue weighted by atomic mass is 32.1. The molecule has 2 atom stereocenters. The number of nitrogens with two attached hydrogens (primary N) is 1. The summed E-state index contributed by atoms with van der Waals surface area (Å²) >= 11 is 1.59. The molecule has 0 fully saturated rings. The number of nitrogens with zero attached hydrogens (tertiary/aromatic N) is 1. The van der Waals surface area contributed by atoms with Crippen LogP contribution in [-0.4, -0.2) is 23.5 Å². The standard InChI is InChI=1S/C11H17N3OS/c1-3-4-9(12)10(15)14-7-8(2)11-13-5-6-16-11/h3,5-6,8-9H,1,4,7,12H2,2H3,(H,14,15). The van der Waals surface area contributed by atoms with Crippen LogP contribution >= 0.6 is 11.3 Å². The smallest absolute Gasteiger partial charge is 0.237 e. The van der Waals surface area contributed by atoms with E-state index in [4.69, 9.17) is 5.73 Å². The van der Waals surface area contributed by atoms with Crippen LogP contribution in [-0.2, 0) is 4.79 Å². The predicted octanol–water partition coefficient (Wildman–Crippen LogP) is 1.27. The molecule has 0 aromatic carbocycles. The van der Waals surface area contributed by atoms with Crippen molar-refractivity contribution in [3.8, 4) is 0 Å². The lowest BCUT2D eigenvalue weighted by atomic mass is 10.1. The Bertz CT molecular complexity index is 337. The Morgan fingerprint density at radius 1 is 1.81 bits per heavy atom. The van der Waals surface area contributed by atoms with Gasteiger partial charge in [-0.05, 0) is 6.42 Å². The Labute approximate surface area is 99.6 Å². The lowest BCUT2D eigenvalue weighted by Gasteiger charge is -2.13. The summed E-state index contributed by atoms with van der Waals surface area (Å²) in [6.45, 7) is 6.14. The summed E-state index contributed by atoms with van der Waals surface area (Å²) in [7, 11) is 0. The Kier molecular flexibility index (Phi) is 5.14. The van der Waals surface area contributed by atoms with Gasteiger partial charge in [0.25, 0.3) is 0 Å². The first-order valence-corrected chi connectivity index (χ1v) is 6.06. The van der Waals surface area contributed by atoms with Gasteiger partial charge in [-0.1, -0.05) is 13.0 Å². The molecule has 2 unspecified atom stereocenters. The van der Waals surface area contributed by atoms with E-state index in [1.165, 1.54) is 0 Å². The fourth-order valence-corrected chi connectivity index (χ4v) is 1.94. The number of rotatable bonds is 6. The predicted molar refractivity (Wildman–Crippen MR) is 66.3 cm³/mol. The van der Waals surface area contributed by atoms with Crippen molar-refractivity contribution in [1.82, 2.24) is 10.3 Å². The van der Waals surface area contributed by atoms with Crippen molar-refractivity contribution in [3.05, 3.63) is 29.2 Å². The van der Waals surface area contributed by atoms with Gasteiger partial charge in [0.1, 0.15) is 0 Å². The molecule has 88 valence electrons. The van der Waals surface area contributed by atoms with E-state index in [1.54, 1.807) is 23.6 Å². The lowest BCUT2D eigenvalue weighted by Crippen LogP contribution is -2.41. The number of amides is 1. The van der Waals surface area contributed by atoms with Gasteiger partial charge < -0.3 is 11.1 Å². The molecule has 1 heterocycles. The van der Waals surface area contributed by atoms with Crippen molar-refractivity contribution in [1.29, 1.82) is 0 Å². The van der Waals surface area contributed by atoms with Crippen LogP contribution in [0.15, 0.2) is 24.2 Å². The van der Waals surface area contributed by atoms with Crippen LogP contribution in [0.1, 0.15) is 24.3 Å². The average molecular weight is 239 g/mol. The highest BCUT2D eigenvalue weighted by Gasteiger charge is 2.14. The van der Waals surface area contributed by atoms with Crippen molar-refractivity contribution in [2.45, 2.75) is 25.3 Å². The number of aromatic nitrogens is 1. The molecule has 0 aliphatic heterocycles. The summed E-state index contributed by atoms with van der Waals surface area (Å²) in [6, 6.07) is -0.499. The third-order valence-corrected chi connectivity index (χ3v) is 3.22. The topological polar surface area (TPSA) is 68.0 Å². The maximum absolute atomic E-state index is 11.5. The van der Waals surface area contributed by atoms with E-state index in [0.29, 0.717) is 13.0 Å². The number of thiazole rings is 1. The van der Waals surface area contributed by atoms with Crippen LogP contribution in [0.3, 0.4) is 0 Å². The van der Waals surface area contributed by atoms with E-state index in [0.717, 1.165) is 5.01 Å². The quantitative estimate of drug-likeness (QED) is 0.734. The summed E-state index contributed by atoms with van der Waals surface area (Å²) in [6.07, 6.45) is 3.91. The van der Waals surface area contributed by atoms with Gasteiger partial charge in [0.05, 0.1) is 11.0 Å². The summed E-state index contributed by atoms with van der Waals surface area (Å²) in [4.78, 5) is 15.7. The molecule has 5 heteroatoms. The first kappa shape index (κ1) is 12.9. The fourth-order valence-electron chi connectivity index (χ4n) is 1.24. The Morgan fingerprint density at radius 2 is 2.56 bits per heavy atom. The SMILES string of the molecule is C=CCC(N)C(=O)NCC(C)c1nccs1. The van der Waals surface area contributed by atoms with Gasteiger partial charge in [-0.15, -0.1) is 17.9 Å². The third-order valence-electron chi connectivity index (χ3n) is 2.21. The monoisotopic (exact) mass is 239 g/mol. The third kappa shape index (κ3) is 3.75. The zero-order chi connectivity index (χ0) is 12.0. The van der Waals surface area contributed by atoms with Crippen LogP contribution < -0.4 is 11.1 Å². The van der Waals surface area contributed by atoms with E-state index in [-0.39, 0.29) is 11.8 Å². The molecule has 4 nitrogen and oxygen atoms in total. The van der Waals surface area contributed by atoms with Gasteiger partial charge in [0, 0.05) is 24.0 Å². The molecule has 0 saturated carbocycles. The van der Waals surface area contributed by atoms with E-state index in [1.807, 2.05) is 12.3 Å². The van der Waals surface area contributed by atoms with Gasteiger partial charge in [-0.2, -0.15) is 0 Å². The minimum absolute atomic E-state index is 0.136. The van der Waals surface area contributed by atoms with Crippen LogP contribution in [0.2, 0.25) is 0 Å². The molecule has 0 aliphatic carbocycles. The van der Waals surface area contributed by atoms with E-state index >= 15 is 0 Å². The van der Waals surface area contributed by atoms with Crippen molar-refractivity contribution >= 4 is 17.2 Å². The maximum Gasteiger partial charge on any atom is 0.237 e. The molecular formula is C11H17N3OS. The van der Waals surface area contributed by atoms with E-state index in [9.17, 15) is 4.79 Å². The summed E-state index contributed by atoms with van der Waals surface area (Å²) in [5, 5.41) is 5.76. The first-order chi connectivity index (χ1) is 7.65. The Balaban J connectivity index is 2.34. The van der Waals surface area contributed by atoms with Crippen LogP contribution in [0.25, 0.3) is 0 Å². The highest BCUT2D eigenvalue weighted by Crippen LogP contribution is 2.16. The molecule has 1 rings (SSSR count). The molecule has 1 amide bonds. The molecule has 1 aromatic rings. The second-order valence-electron chi connectivity index (χ2n) is 3.65. The molecular weight excluding hydrogens is 222 g/mol. The second kappa shape index (κ2) is 6.40. The number of carbonyl (C=O) groups is 1. The second-order valence-corrected chi connectivity index (χ2v) is 4.57. The summed E-state index contributed by atoms with van der Waals surface area (Å²) < 4.78 is 0. The fraction of sp³-hybridized carbons (Fsp3) is 0.455. The van der Waals surface area contributed by atoms with Crippen LogP contribution in [0.5, 0.6) is 0 Å². The maximum atomic E-state index is 11.5. The summed E-state index contributed by atoms with van der Waals surface area (Å²) in [5.74, 6) is 0.0863. The molecule has 0 radical (unpaired) electrons. The Hall–Kier alpha value is -1.20. The molecule has 0 bridgehead atoms. The normalized spacial score (nSPS) is 14.1. The van der Waals surface area contributed by atoms with Crippen molar-refractivity contribution < 1.29 is 4.79 Å². The average Bonchev–Trinajstić information content (AvgIpc) is 2.79. The van der Waals surface area contributed by atoms with Crippen molar-refractivity contribution in [3.63, 3.8) is 0 Å². The van der Waals surface area contributed by atoms with Gasteiger partial charge in [-0.3, -0.25) is 4.79 Å². The van der Waals surface area contributed by atoms with Gasteiger partial charge in [-0.25, -0.2) is 4.98 Å². The minimum atomic E-state index is -0.499. The largest absolute Gasteiger partial charge is 0.354 e. The number of hydrogen-bond acceptors (Lipinski definition) is 4. The number of hydrogen-bond donors (Lipinski definition) is 2. The van der Waals surface area contributed by atoms with Crippen LogP contribution in [0, 0.1) is 0 Å². The van der Waals surface area contributed by atoms with E-state index in [2.05, 4.69) is 16.9 Å². The van der Waals surface area contributed by atoms with Crippen molar-refractivity contribution in [2.24, 2.45) is 5.73 Å². The molecule has 1 aromatic heterocycles. The zero-order valence-electron chi connectivity index (χ0n) is 9.35. The van der Waals surface area contributed by atoms with Crippen LogP contribution in [0.4, 0.5) is 0 Å². The Morgan fingerprint density at radius 3 is 3.12 bits per heavy atom. The lowest BCUT2D eigenvalue weighted by molar-refractivity contribution is -0.122. The highest BCUT2D eigenvalue weighted by molar-refractivity contribution is 7.09. The van der Waals surface area contributed by atoms with Gasteiger partial charge in [0.15, 0.2) is 0 Å². The number of nitrogens with one attached hydrogen (secondary N) is 1. The minimum Gasteiger partial charge on any atom is -0.354 e. The molecule has 3 N–H and O–H groups in total.